The quantitative estimate of drug-likeness (QED) is 0.887. The molecule has 0 bridgehead atoms. The molecule has 0 radical (unpaired) electrons. The average Bonchev–Trinajstić information content (AvgIpc) is 2.99. The highest BCUT2D eigenvalue weighted by Gasteiger charge is 2.29. The van der Waals surface area contributed by atoms with Gasteiger partial charge in [-0.2, -0.15) is 0 Å². The van der Waals surface area contributed by atoms with Gasteiger partial charge in [-0.05, 0) is 39.7 Å². The van der Waals surface area contributed by atoms with Crippen LogP contribution in [0.2, 0.25) is 0 Å². The van der Waals surface area contributed by atoms with Crippen molar-refractivity contribution in [2.45, 2.75) is 58.7 Å². The zero-order chi connectivity index (χ0) is 16.3. The largest absolute Gasteiger partial charge is 0.478 e. The minimum atomic E-state index is -0.258. The fourth-order valence-electron chi connectivity index (χ4n) is 2.95. The van der Waals surface area contributed by atoms with Crippen molar-refractivity contribution in [3.63, 3.8) is 0 Å². The zero-order valence-electron chi connectivity index (χ0n) is 14.2. The SMILES string of the molecule is CCOc1cccc(CNC(C)(C)c2nnc3n2CCCC3)n1. The van der Waals surface area contributed by atoms with E-state index in [1.807, 2.05) is 25.1 Å². The zero-order valence-corrected chi connectivity index (χ0v) is 14.2. The second-order valence-electron chi connectivity index (χ2n) is 6.43. The maximum absolute atomic E-state index is 5.46. The molecule has 2 aromatic rings. The van der Waals surface area contributed by atoms with Gasteiger partial charge in [0.25, 0.3) is 0 Å². The smallest absolute Gasteiger partial charge is 0.213 e. The summed E-state index contributed by atoms with van der Waals surface area (Å²) in [7, 11) is 0. The fourth-order valence-corrected chi connectivity index (χ4v) is 2.95. The van der Waals surface area contributed by atoms with Gasteiger partial charge in [-0.15, -0.1) is 10.2 Å². The van der Waals surface area contributed by atoms with E-state index in [9.17, 15) is 0 Å². The molecule has 0 aromatic carbocycles. The maximum Gasteiger partial charge on any atom is 0.213 e. The molecule has 0 atom stereocenters. The van der Waals surface area contributed by atoms with Crippen LogP contribution in [-0.2, 0) is 25.0 Å². The maximum atomic E-state index is 5.46. The van der Waals surface area contributed by atoms with E-state index in [-0.39, 0.29) is 5.54 Å². The second-order valence-corrected chi connectivity index (χ2v) is 6.43. The van der Waals surface area contributed by atoms with E-state index in [1.54, 1.807) is 0 Å². The Hall–Kier alpha value is -1.95. The number of fused-ring (bicyclic) bond motifs is 1. The van der Waals surface area contributed by atoms with Crippen LogP contribution in [0.25, 0.3) is 0 Å². The Balaban J connectivity index is 1.71. The van der Waals surface area contributed by atoms with Crippen LogP contribution in [0.5, 0.6) is 5.88 Å². The number of aryl methyl sites for hydroxylation is 1. The molecule has 0 spiro atoms. The molecule has 124 valence electrons. The van der Waals surface area contributed by atoms with Crippen molar-refractivity contribution < 1.29 is 4.74 Å². The number of nitrogens with zero attached hydrogens (tertiary/aromatic N) is 4. The van der Waals surface area contributed by atoms with Crippen LogP contribution in [-0.4, -0.2) is 26.4 Å². The van der Waals surface area contributed by atoms with Crippen LogP contribution in [0.3, 0.4) is 0 Å². The number of hydrogen-bond donors (Lipinski definition) is 1. The van der Waals surface area contributed by atoms with Crippen molar-refractivity contribution in [3.8, 4) is 5.88 Å². The van der Waals surface area contributed by atoms with Crippen molar-refractivity contribution in [2.24, 2.45) is 0 Å². The van der Waals surface area contributed by atoms with Crippen molar-refractivity contribution in [2.75, 3.05) is 6.61 Å². The van der Waals surface area contributed by atoms with Crippen LogP contribution in [0.15, 0.2) is 18.2 Å². The van der Waals surface area contributed by atoms with Gasteiger partial charge in [-0.1, -0.05) is 6.07 Å². The van der Waals surface area contributed by atoms with Crippen LogP contribution in [0.4, 0.5) is 0 Å². The molecule has 0 aliphatic carbocycles. The van der Waals surface area contributed by atoms with Crippen molar-refractivity contribution in [1.29, 1.82) is 0 Å². The summed E-state index contributed by atoms with van der Waals surface area (Å²) in [5.41, 5.74) is 0.703. The Morgan fingerprint density at radius 3 is 2.96 bits per heavy atom. The highest BCUT2D eigenvalue weighted by Crippen LogP contribution is 2.23. The highest BCUT2D eigenvalue weighted by molar-refractivity contribution is 5.16. The summed E-state index contributed by atoms with van der Waals surface area (Å²) >= 11 is 0. The third-order valence-electron chi connectivity index (χ3n) is 4.20. The van der Waals surface area contributed by atoms with Crippen LogP contribution in [0, 0.1) is 0 Å². The predicted octanol–water partition coefficient (Wildman–Crippen LogP) is 2.43. The molecule has 1 aliphatic rings. The molecule has 6 nitrogen and oxygen atoms in total. The Labute approximate surface area is 137 Å². The van der Waals surface area contributed by atoms with Crippen LogP contribution >= 0.6 is 0 Å². The molecule has 2 aromatic heterocycles. The molecular weight excluding hydrogens is 290 g/mol. The van der Waals surface area contributed by atoms with Gasteiger partial charge in [0.1, 0.15) is 5.82 Å². The standard InChI is InChI=1S/C17H25N5O/c1-4-23-15-10-7-8-13(19-15)12-18-17(2,3)16-21-20-14-9-5-6-11-22(14)16/h7-8,10,18H,4-6,9,11-12H2,1-3H3. The molecule has 0 unspecified atom stereocenters. The Morgan fingerprint density at radius 1 is 1.26 bits per heavy atom. The number of nitrogens with one attached hydrogen (secondary N) is 1. The lowest BCUT2D eigenvalue weighted by molar-refractivity contribution is 0.322. The van der Waals surface area contributed by atoms with Gasteiger partial charge < -0.3 is 9.30 Å². The first-order valence-corrected chi connectivity index (χ1v) is 8.36. The number of ether oxygens (including phenoxy) is 1. The number of rotatable bonds is 6. The number of pyridine rings is 1. The number of aromatic nitrogens is 4. The minimum absolute atomic E-state index is 0.258. The second kappa shape index (κ2) is 6.66. The van der Waals surface area contributed by atoms with Crippen molar-refractivity contribution >= 4 is 0 Å². The molecule has 0 saturated heterocycles. The Bertz CT molecular complexity index is 665. The van der Waals surface area contributed by atoms with E-state index in [4.69, 9.17) is 4.74 Å². The molecule has 1 aliphatic heterocycles. The predicted molar refractivity (Wildman–Crippen MR) is 88.2 cm³/mol. The van der Waals surface area contributed by atoms with Crippen molar-refractivity contribution in [1.82, 2.24) is 25.1 Å². The van der Waals surface area contributed by atoms with Crippen molar-refractivity contribution in [3.05, 3.63) is 35.5 Å². The number of hydrogen-bond acceptors (Lipinski definition) is 5. The van der Waals surface area contributed by atoms with E-state index in [1.165, 1.54) is 12.8 Å². The molecular formula is C17H25N5O. The molecule has 0 fully saturated rings. The first-order valence-electron chi connectivity index (χ1n) is 8.36. The Kier molecular flexibility index (Phi) is 4.61. The lowest BCUT2D eigenvalue weighted by Crippen LogP contribution is -2.39. The third kappa shape index (κ3) is 3.52. The van der Waals surface area contributed by atoms with E-state index in [2.05, 4.69) is 38.9 Å². The third-order valence-corrected chi connectivity index (χ3v) is 4.20. The van der Waals surface area contributed by atoms with Gasteiger partial charge in [0, 0.05) is 25.6 Å². The van der Waals surface area contributed by atoms with Gasteiger partial charge in [0.05, 0.1) is 17.8 Å². The topological polar surface area (TPSA) is 64.9 Å². The van der Waals surface area contributed by atoms with Crippen LogP contribution in [0.1, 0.15) is 51.0 Å². The molecule has 6 heteroatoms. The molecule has 23 heavy (non-hydrogen) atoms. The molecule has 3 rings (SSSR count). The summed E-state index contributed by atoms with van der Waals surface area (Å²) in [5.74, 6) is 2.79. The van der Waals surface area contributed by atoms with Gasteiger partial charge in [-0.3, -0.25) is 5.32 Å². The minimum Gasteiger partial charge on any atom is -0.478 e. The van der Waals surface area contributed by atoms with E-state index in [0.29, 0.717) is 19.0 Å². The normalized spacial score (nSPS) is 14.6. The lowest BCUT2D eigenvalue weighted by Gasteiger charge is -2.27. The average molecular weight is 315 g/mol. The van der Waals surface area contributed by atoms with Gasteiger partial charge in [-0.25, -0.2) is 4.98 Å². The van der Waals surface area contributed by atoms with Gasteiger partial charge in [0.2, 0.25) is 5.88 Å². The summed E-state index contributed by atoms with van der Waals surface area (Å²) in [6, 6.07) is 5.86. The van der Waals surface area contributed by atoms with Gasteiger partial charge in [0.15, 0.2) is 5.82 Å². The van der Waals surface area contributed by atoms with Crippen LogP contribution < -0.4 is 10.1 Å². The fraction of sp³-hybridized carbons (Fsp3) is 0.588. The molecule has 0 amide bonds. The summed E-state index contributed by atoms with van der Waals surface area (Å²) in [5, 5.41) is 12.3. The van der Waals surface area contributed by atoms with E-state index in [0.717, 1.165) is 30.3 Å². The van der Waals surface area contributed by atoms with E-state index >= 15 is 0 Å². The first kappa shape index (κ1) is 15.9. The molecule has 0 saturated carbocycles. The summed E-state index contributed by atoms with van der Waals surface area (Å²) in [6.45, 7) is 8.55. The highest BCUT2D eigenvalue weighted by atomic mass is 16.5. The summed E-state index contributed by atoms with van der Waals surface area (Å²) in [4.78, 5) is 4.51. The summed E-state index contributed by atoms with van der Waals surface area (Å²) < 4.78 is 7.72. The first-order chi connectivity index (χ1) is 11.1. The van der Waals surface area contributed by atoms with Gasteiger partial charge >= 0.3 is 0 Å². The lowest BCUT2D eigenvalue weighted by atomic mass is 10.0. The molecule has 1 N–H and O–H groups in total. The van der Waals surface area contributed by atoms with E-state index < -0.39 is 0 Å². The Morgan fingerprint density at radius 2 is 2.13 bits per heavy atom. The monoisotopic (exact) mass is 315 g/mol. The summed E-state index contributed by atoms with van der Waals surface area (Å²) in [6.07, 6.45) is 3.44. The molecule has 3 heterocycles.